The summed E-state index contributed by atoms with van der Waals surface area (Å²) < 4.78 is 16.1. The number of alkyl carbamates (subject to hydrolysis) is 1. The van der Waals surface area contributed by atoms with Crippen molar-refractivity contribution in [3.63, 3.8) is 0 Å². The van der Waals surface area contributed by atoms with E-state index >= 15 is 0 Å². The lowest BCUT2D eigenvalue weighted by atomic mass is 10.0. The van der Waals surface area contributed by atoms with E-state index in [9.17, 15) is 14.4 Å². The number of fused-ring (bicyclic) bond motifs is 1. The van der Waals surface area contributed by atoms with Crippen LogP contribution in [0, 0.1) is 19.8 Å². The molecule has 2 rings (SSSR count). The summed E-state index contributed by atoms with van der Waals surface area (Å²) in [6, 6.07) is 3.94. The molecule has 1 aromatic carbocycles. The maximum absolute atomic E-state index is 12.8. The fourth-order valence-corrected chi connectivity index (χ4v) is 2.93. The highest BCUT2D eigenvalue weighted by Crippen LogP contribution is 2.28. The number of ether oxygens (including phenoxy) is 2. The molecule has 7 nitrogen and oxygen atoms in total. The van der Waals surface area contributed by atoms with Gasteiger partial charge in [0.1, 0.15) is 23.0 Å². The van der Waals surface area contributed by atoms with Crippen molar-refractivity contribution in [2.75, 3.05) is 0 Å². The lowest BCUT2D eigenvalue weighted by Crippen LogP contribution is -2.45. The Balaban J connectivity index is 2.27. The summed E-state index contributed by atoms with van der Waals surface area (Å²) in [6.07, 6.45) is -0.296. The maximum atomic E-state index is 12.8. The molecular weight excluding hydrogens is 374 g/mol. The first kappa shape index (κ1) is 22.5. The first-order valence-corrected chi connectivity index (χ1v) is 9.62. The number of carbonyl (C=O) groups excluding carboxylic acids is 2. The van der Waals surface area contributed by atoms with Crippen molar-refractivity contribution < 1.29 is 23.5 Å². The molecule has 1 N–H and O–H groups in total. The normalized spacial score (nSPS) is 12.7. The summed E-state index contributed by atoms with van der Waals surface area (Å²) in [5.41, 5.74) is 0.547. The largest absolute Gasteiger partial charge is 0.444 e. The molecule has 2 aromatic rings. The van der Waals surface area contributed by atoms with Gasteiger partial charge in [-0.2, -0.15) is 0 Å². The van der Waals surface area contributed by atoms with Gasteiger partial charge in [0.05, 0.1) is 0 Å². The van der Waals surface area contributed by atoms with E-state index in [0.29, 0.717) is 17.6 Å². The van der Waals surface area contributed by atoms with Crippen LogP contribution < -0.4 is 15.7 Å². The topological polar surface area (TPSA) is 94.8 Å². The second-order valence-electron chi connectivity index (χ2n) is 8.56. The lowest BCUT2D eigenvalue weighted by Gasteiger charge is -2.24. The van der Waals surface area contributed by atoms with Crippen LogP contribution in [0.4, 0.5) is 4.79 Å². The third-order valence-electron chi connectivity index (χ3n) is 4.21. The van der Waals surface area contributed by atoms with Crippen LogP contribution in [-0.4, -0.2) is 23.7 Å². The van der Waals surface area contributed by atoms with Gasteiger partial charge >= 0.3 is 17.7 Å². The molecule has 158 valence electrons. The average molecular weight is 403 g/mol. The van der Waals surface area contributed by atoms with Gasteiger partial charge in [0.25, 0.3) is 0 Å². The second-order valence-corrected chi connectivity index (χ2v) is 8.56. The van der Waals surface area contributed by atoms with Gasteiger partial charge in [-0.15, -0.1) is 0 Å². The number of hydrogen-bond donors (Lipinski definition) is 1. The summed E-state index contributed by atoms with van der Waals surface area (Å²) >= 11 is 0. The average Bonchev–Trinajstić information content (AvgIpc) is 2.55. The van der Waals surface area contributed by atoms with Crippen LogP contribution in [0.15, 0.2) is 27.4 Å². The number of aryl methyl sites for hydroxylation is 2. The first-order valence-electron chi connectivity index (χ1n) is 9.62. The predicted octanol–water partition coefficient (Wildman–Crippen LogP) is 4.25. The SMILES string of the molecule is Cc1cc(=O)oc2c(C)c(OC(=O)[C@H](CC(C)C)NC(=O)OC(C)(C)C)ccc12. The van der Waals surface area contributed by atoms with Gasteiger partial charge in [-0.25, -0.2) is 14.4 Å². The van der Waals surface area contributed by atoms with Crippen molar-refractivity contribution in [2.24, 2.45) is 5.92 Å². The quantitative estimate of drug-likeness (QED) is 0.455. The van der Waals surface area contributed by atoms with E-state index in [1.807, 2.05) is 20.8 Å². The van der Waals surface area contributed by atoms with Crippen molar-refractivity contribution in [3.05, 3.63) is 39.7 Å². The predicted molar refractivity (Wildman–Crippen MR) is 110 cm³/mol. The summed E-state index contributed by atoms with van der Waals surface area (Å²) in [7, 11) is 0. The van der Waals surface area contributed by atoms with Gasteiger partial charge in [-0.3, -0.25) is 0 Å². The molecule has 0 aliphatic heterocycles. The van der Waals surface area contributed by atoms with E-state index in [4.69, 9.17) is 13.9 Å². The number of amides is 1. The molecule has 0 bridgehead atoms. The van der Waals surface area contributed by atoms with Gasteiger partial charge < -0.3 is 19.2 Å². The molecule has 0 unspecified atom stereocenters. The van der Waals surface area contributed by atoms with Crippen molar-refractivity contribution >= 4 is 23.0 Å². The van der Waals surface area contributed by atoms with Crippen LogP contribution in [-0.2, 0) is 9.53 Å². The molecule has 0 aliphatic rings. The summed E-state index contributed by atoms with van der Waals surface area (Å²) in [4.78, 5) is 36.6. The molecule has 1 atom stereocenters. The molecule has 0 saturated heterocycles. The summed E-state index contributed by atoms with van der Waals surface area (Å²) in [5.74, 6) is -0.195. The van der Waals surface area contributed by atoms with Crippen molar-refractivity contribution in [2.45, 2.75) is 66.5 Å². The maximum Gasteiger partial charge on any atom is 0.408 e. The molecule has 0 spiro atoms. The monoisotopic (exact) mass is 403 g/mol. The fourth-order valence-electron chi connectivity index (χ4n) is 2.93. The molecule has 0 saturated carbocycles. The second kappa shape index (κ2) is 8.68. The Kier molecular flexibility index (Phi) is 6.72. The van der Waals surface area contributed by atoms with Crippen LogP contribution >= 0.6 is 0 Å². The van der Waals surface area contributed by atoms with E-state index in [-0.39, 0.29) is 11.7 Å². The fraction of sp³-hybridized carbons (Fsp3) is 0.500. The number of hydrogen-bond acceptors (Lipinski definition) is 6. The van der Waals surface area contributed by atoms with Gasteiger partial charge in [0, 0.05) is 17.0 Å². The van der Waals surface area contributed by atoms with Crippen LogP contribution in [0.1, 0.15) is 52.2 Å². The van der Waals surface area contributed by atoms with E-state index in [2.05, 4.69) is 5.32 Å². The third-order valence-corrected chi connectivity index (χ3v) is 4.21. The molecule has 1 aromatic heterocycles. The number of esters is 1. The van der Waals surface area contributed by atoms with E-state index in [1.165, 1.54) is 6.07 Å². The van der Waals surface area contributed by atoms with Gasteiger partial charge in [-0.1, -0.05) is 13.8 Å². The zero-order valence-corrected chi connectivity index (χ0v) is 18.0. The van der Waals surface area contributed by atoms with Crippen molar-refractivity contribution in [3.8, 4) is 5.75 Å². The number of rotatable bonds is 5. The minimum atomic E-state index is -0.871. The highest BCUT2D eigenvalue weighted by molar-refractivity contribution is 5.87. The summed E-state index contributed by atoms with van der Waals surface area (Å²) in [5, 5.41) is 3.36. The minimum absolute atomic E-state index is 0.140. The van der Waals surface area contributed by atoms with Crippen LogP contribution in [0.5, 0.6) is 5.75 Å². The first-order chi connectivity index (χ1) is 13.4. The molecule has 1 amide bonds. The Morgan fingerprint density at radius 1 is 1.17 bits per heavy atom. The molecule has 0 fully saturated rings. The van der Waals surface area contributed by atoms with Crippen LogP contribution in [0.3, 0.4) is 0 Å². The van der Waals surface area contributed by atoms with E-state index in [0.717, 1.165) is 10.9 Å². The Morgan fingerprint density at radius 3 is 2.41 bits per heavy atom. The lowest BCUT2D eigenvalue weighted by molar-refractivity contribution is -0.137. The molecule has 29 heavy (non-hydrogen) atoms. The van der Waals surface area contributed by atoms with E-state index in [1.54, 1.807) is 39.8 Å². The Morgan fingerprint density at radius 2 is 1.83 bits per heavy atom. The van der Waals surface area contributed by atoms with Gasteiger partial charge in [-0.05, 0) is 64.7 Å². The Bertz CT molecular complexity index is 968. The molecule has 7 heteroatoms. The molecule has 0 aliphatic carbocycles. The zero-order chi connectivity index (χ0) is 21.9. The number of carbonyl (C=O) groups is 2. The molecule has 0 radical (unpaired) electrons. The number of nitrogens with one attached hydrogen (secondary N) is 1. The molecule has 1 heterocycles. The number of benzene rings is 1. The van der Waals surface area contributed by atoms with Crippen LogP contribution in [0.2, 0.25) is 0 Å². The van der Waals surface area contributed by atoms with Crippen molar-refractivity contribution in [1.82, 2.24) is 5.32 Å². The Labute approximate surface area is 170 Å². The highest BCUT2D eigenvalue weighted by Gasteiger charge is 2.27. The van der Waals surface area contributed by atoms with Gasteiger partial charge in [0.15, 0.2) is 0 Å². The van der Waals surface area contributed by atoms with E-state index < -0.39 is 29.3 Å². The van der Waals surface area contributed by atoms with Gasteiger partial charge in [0.2, 0.25) is 0 Å². The standard InChI is InChI=1S/C22H29NO6/c1-12(2)10-16(23-21(26)29-22(5,6)7)20(25)27-17-9-8-15-13(3)11-18(24)28-19(15)14(17)4/h8-9,11-12,16H,10H2,1-7H3,(H,23,26)/t16-/m0/s1. The summed E-state index contributed by atoms with van der Waals surface area (Å²) in [6.45, 7) is 12.6. The third kappa shape index (κ3) is 6.07. The smallest absolute Gasteiger partial charge is 0.408 e. The Hall–Kier alpha value is -2.83. The minimum Gasteiger partial charge on any atom is -0.444 e. The van der Waals surface area contributed by atoms with Crippen LogP contribution in [0.25, 0.3) is 11.0 Å². The zero-order valence-electron chi connectivity index (χ0n) is 18.0. The molecular formula is C22H29NO6. The highest BCUT2D eigenvalue weighted by atomic mass is 16.6. The van der Waals surface area contributed by atoms with Crippen molar-refractivity contribution in [1.29, 1.82) is 0 Å².